The molecule has 3 rings (SSSR count). The Kier molecular flexibility index (Phi) is 5.31. The van der Waals surface area contributed by atoms with E-state index in [0.29, 0.717) is 37.0 Å². The zero-order valence-electron chi connectivity index (χ0n) is 13.5. The van der Waals surface area contributed by atoms with E-state index in [-0.39, 0.29) is 11.8 Å². The van der Waals surface area contributed by atoms with Gasteiger partial charge < -0.3 is 15.1 Å². The number of carbonyl (C=O) groups is 2. The van der Waals surface area contributed by atoms with Crippen molar-refractivity contribution in [3.8, 4) is 0 Å². The first-order valence-electron chi connectivity index (χ1n) is 8.37. The van der Waals surface area contributed by atoms with Crippen LogP contribution >= 0.6 is 0 Å². The Labute approximate surface area is 141 Å². The van der Waals surface area contributed by atoms with Gasteiger partial charge in [0, 0.05) is 19.5 Å². The Morgan fingerprint density at radius 2 is 1.92 bits per heavy atom. The maximum absolute atomic E-state index is 11.8. The SMILES string of the molecule is O=C(CCCNC(=O)c1ccco1)NC[C@@H]1C[C@@H]1c1ccccc1. The lowest BCUT2D eigenvalue weighted by atomic mass is 10.1. The minimum absolute atomic E-state index is 0.0426. The van der Waals surface area contributed by atoms with Gasteiger partial charge in [-0.1, -0.05) is 30.3 Å². The van der Waals surface area contributed by atoms with E-state index in [4.69, 9.17) is 4.42 Å². The highest BCUT2D eigenvalue weighted by molar-refractivity contribution is 5.91. The minimum atomic E-state index is -0.246. The molecule has 2 atom stereocenters. The summed E-state index contributed by atoms with van der Waals surface area (Å²) < 4.78 is 5.00. The molecule has 126 valence electrons. The van der Waals surface area contributed by atoms with E-state index in [1.807, 2.05) is 6.07 Å². The summed E-state index contributed by atoms with van der Waals surface area (Å²) in [6, 6.07) is 13.7. The molecule has 1 heterocycles. The molecule has 1 aliphatic carbocycles. The van der Waals surface area contributed by atoms with E-state index in [1.54, 1.807) is 12.1 Å². The molecule has 5 nitrogen and oxygen atoms in total. The molecule has 0 radical (unpaired) electrons. The molecule has 0 spiro atoms. The molecule has 2 N–H and O–H groups in total. The van der Waals surface area contributed by atoms with Crippen LogP contribution in [-0.4, -0.2) is 24.9 Å². The standard InChI is InChI=1S/C19H22N2O3/c22-18(9-4-10-20-19(23)17-8-5-11-24-17)21-13-15-12-16(15)14-6-2-1-3-7-14/h1-3,5-8,11,15-16H,4,9-10,12-13H2,(H,20,23)(H,21,22)/t15-,16+/m0/s1. The van der Waals surface area contributed by atoms with Crippen LogP contribution in [0.15, 0.2) is 53.1 Å². The quantitative estimate of drug-likeness (QED) is 0.733. The van der Waals surface area contributed by atoms with Crippen LogP contribution in [0, 0.1) is 5.92 Å². The van der Waals surface area contributed by atoms with Crippen LogP contribution in [0.2, 0.25) is 0 Å². The van der Waals surface area contributed by atoms with E-state index in [1.165, 1.54) is 11.8 Å². The smallest absolute Gasteiger partial charge is 0.286 e. The fraction of sp³-hybridized carbons (Fsp3) is 0.368. The highest BCUT2D eigenvalue weighted by Gasteiger charge is 2.37. The number of furan rings is 1. The van der Waals surface area contributed by atoms with Gasteiger partial charge in [-0.25, -0.2) is 0 Å². The van der Waals surface area contributed by atoms with Gasteiger partial charge in [0.2, 0.25) is 5.91 Å². The highest BCUT2D eigenvalue weighted by atomic mass is 16.3. The molecule has 0 saturated heterocycles. The van der Waals surface area contributed by atoms with Crippen molar-refractivity contribution >= 4 is 11.8 Å². The third-order valence-corrected chi connectivity index (χ3v) is 4.32. The summed E-state index contributed by atoms with van der Waals surface area (Å²) in [5.41, 5.74) is 1.36. The molecule has 1 aromatic heterocycles. The van der Waals surface area contributed by atoms with E-state index < -0.39 is 0 Å². The zero-order valence-corrected chi connectivity index (χ0v) is 13.5. The van der Waals surface area contributed by atoms with E-state index >= 15 is 0 Å². The maximum atomic E-state index is 11.8. The monoisotopic (exact) mass is 326 g/mol. The molecule has 1 saturated carbocycles. The molecule has 1 aliphatic rings. The average molecular weight is 326 g/mol. The van der Waals surface area contributed by atoms with Crippen molar-refractivity contribution in [3.05, 3.63) is 60.1 Å². The number of carbonyl (C=O) groups excluding carboxylic acids is 2. The van der Waals surface area contributed by atoms with Gasteiger partial charge in [0.15, 0.2) is 5.76 Å². The second-order valence-electron chi connectivity index (χ2n) is 6.15. The fourth-order valence-corrected chi connectivity index (χ4v) is 2.86. The normalized spacial score (nSPS) is 18.8. The van der Waals surface area contributed by atoms with Crippen LogP contribution in [0.3, 0.4) is 0 Å². The first kappa shape index (κ1) is 16.3. The molecule has 1 fully saturated rings. The molecule has 24 heavy (non-hydrogen) atoms. The maximum Gasteiger partial charge on any atom is 0.286 e. The van der Waals surface area contributed by atoms with E-state index in [9.17, 15) is 9.59 Å². The van der Waals surface area contributed by atoms with Crippen molar-refractivity contribution in [3.63, 3.8) is 0 Å². The second kappa shape index (κ2) is 7.81. The van der Waals surface area contributed by atoms with Crippen molar-refractivity contribution in [2.45, 2.75) is 25.2 Å². The van der Waals surface area contributed by atoms with Gasteiger partial charge in [-0.15, -0.1) is 0 Å². The van der Waals surface area contributed by atoms with Crippen molar-refractivity contribution in [1.82, 2.24) is 10.6 Å². The number of benzene rings is 1. The number of amides is 2. The van der Waals surface area contributed by atoms with Crippen LogP contribution < -0.4 is 10.6 Å². The Bertz CT molecular complexity index is 667. The van der Waals surface area contributed by atoms with Crippen LogP contribution in [0.25, 0.3) is 0 Å². The Morgan fingerprint density at radius 1 is 1.08 bits per heavy atom. The van der Waals surface area contributed by atoms with Gasteiger partial charge >= 0.3 is 0 Å². The van der Waals surface area contributed by atoms with Gasteiger partial charge in [-0.2, -0.15) is 0 Å². The van der Waals surface area contributed by atoms with Crippen LogP contribution in [0.4, 0.5) is 0 Å². The van der Waals surface area contributed by atoms with Gasteiger partial charge in [0.1, 0.15) is 0 Å². The summed E-state index contributed by atoms with van der Waals surface area (Å²) >= 11 is 0. The number of hydrogen-bond donors (Lipinski definition) is 2. The molecule has 0 unspecified atom stereocenters. The third-order valence-electron chi connectivity index (χ3n) is 4.32. The summed E-state index contributed by atoms with van der Waals surface area (Å²) in [6.45, 7) is 1.19. The topological polar surface area (TPSA) is 71.3 Å². The third kappa shape index (κ3) is 4.47. The number of nitrogens with one attached hydrogen (secondary N) is 2. The number of hydrogen-bond acceptors (Lipinski definition) is 3. The second-order valence-corrected chi connectivity index (χ2v) is 6.15. The first-order valence-corrected chi connectivity index (χ1v) is 8.37. The van der Waals surface area contributed by atoms with Crippen LogP contribution in [-0.2, 0) is 4.79 Å². The summed E-state index contributed by atoms with van der Waals surface area (Å²) in [5.74, 6) is 1.22. The fourth-order valence-electron chi connectivity index (χ4n) is 2.86. The summed E-state index contributed by atoms with van der Waals surface area (Å²) in [7, 11) is 0. The zero-order chi connectivity index (χ0) is 16.8. The van der Waals surface area contributed by atoms with Crippen LogP contribution in [0.1, 0.15) is 41.3 Å². The summed E-state index contributed by atoms with van der Waals surface area (Å²) in [6.07, 6.45) is 3.64. The predicted molar refractivity (Wildman–Crippen MR) is 90.6 cm³/mol. The first-order chi connectivity index (χ1) is 11.7. The van der Waals surface area contributed by atoms with Crippen molar-refractivity contribution in [2.75, 3.05) is 13.1 Å². The molecule has 1 aromatic carbocycles. The lowest BCUT2D eigenvalue weighted by Gasteiger charge is -2.06. The Morgan fingerprint density at radius 3 is 2.67 bits per heavy atom. The van der Waals surface area contributed by atoms with E-state index in [0.717, 1.165) is 13.0 Å². The predicted octanol–water partition coefficient (Wildman–Crippen LogP) is 2.71. The van der Waals surface area contributed by atoms with Gasteiger partial charge in [0.05, 0.1) is 6.26 Å². The van der Waals surface area contributed by atoms with Gasteiger partial charge in [-0.05, 0) is 42.4 Å². The van der Waals surface area contributed by atoms with Crippen molar-refractivity contribution < 1.29 is 14.0 Å². The largest absolute Gasteiger partial charge is 0.459 e. The minimum Gasteiger partial charge on any atom is -0.459 e. The highest BCUT2D eigenvalue weighted by Crippen LogP contribution is 2.46. The van der Waals surface area contributed by atoms with Crippen LogP contribution in [0.5, 0.6) is 0 Å². The van der Waals surface area contributed by atoms with Gasteiger partial charge in [0.25, 0.3) is 5.91 Å². The molecule has 0 aliphatic heterocycles. The molecular weight excluding hydrogens is 304 g/mol. The van der Waals surface area contributed by atoms with E-state index in [2.05, 4.69) is 34.9 Å². The Hall–Kier alpha value is -2.56. The Balaban J connectivity index is 1.27. The van der Waals surface area contributed by atoms with Crippen molar-refractivity contribution in [1.29, 1.82) is 0 Å². The molecule has 2 aromatic rings. The number of rotatable bonds is 8. The molecule has 2 amide bonds. The van der Waals surface area contributed by atoms with Crippen molar-refractivity contribution in [2.24, 2.45) is 5.92 Å². The van der Waals surface area contributed by atoms with Gasteiger partial charge in [-0.3, -0.25) is 9.59 Å². The molecular formula is C19H22N2O3. The summed E-state index contributed by atoms with van der Waals surface area (Å²) in [5, 5.41) is 5.72. The summed E-state index contributed by atoms with van der Waals surface area (Å²) in [4.78, 5) is 23.5. The molecule has 5 heteroatoms. The lowest BCUT2D eigenvalue weighted by Crippen LogP contribution is -2.28. The lowest BCUT2D eigenvalue weighted by molar-refractivity contribution is -0.121. The molecule has 0 bridgehead atoms. The average Bonchev–Trinajstić information content (AvgIpc) is 3.18.